The second-order valence-corrected chi connectivity index (χ2v) is 4.69. The summed E-state index contributed by atoms with van der Waals surface area (Å²) in [5.41, 5.74) is 3.04. The molecule has 0 fully saturated rings. The van der Waals surface area contributed by atoms with E-state index in [9.17, 15) is 4.79 Å². The van der Waals surface area contributed by atoms with Crippen molar-refractivity contribution in [3.63, 3.8) is 0 Å². The van der Waals surface area contributed by atoms with Gasteiger partial charge in [0.2, 0.25) is 0 Å². The maximum Gasteiger partial charge on any atom is 0.258 e. The summed E-state index contributed by atoms with van der Waals surface area (Å²) in [4.78, 5) is 15.9. The smallest absolute Gasteiger partial charge is 0.258 e. The van der Waals surface area contributed by atoms with Gasteiger partial charge in [0, 0.05) is 18.4 Å². The Morgan fingerprint density at radius 1 is 1.25 bits per heavy atom. The van der Waals surface area contributed by atoms with Crippen molar-refractivity contribution < 1.29 is 9.53 Å². The quantitative estimate of drug-likeness (QED) is 0.907. The van der Waals surface area contributed by atoms with Gasteiger partial charge in [-0.2, -0.15) is 0 Å². The molecule has 0 saturated carbocycles. The van der Waals surface area contributed by atoms with E-state index in [4.69, 9.17) is 4.74 Å². The summed E-state index contributed by atoms with van der Waals surface area (Å²) >= 11 is 0. The van der Waals surface area contributed by atoms with Crippen LogP contribution in [0.1, 0.15) is 16.8 Å². The van der Waals surface area contributed by atoms with Crippen LogP contribution >= 0.6 is 0 Å². The van der Waals surface area contributed by atoms with Crippen LogP contribution < -0.4 is 10.1 Å². The van der Waals surface area contributed by atoms with Gasteiger partial charge in [-0.1, -0.05) is 18.2 Å². The van der Waals surface area contributed by atoms with E-state index in [0.29, 0.717) is 12.3 Å². The summed E-state index contributed by atoms with van der Waals surface area (Å²) in [5.74, 6) is 0.559. The van der Waals surface area contributed by atoms with Gasteiger partial charge in [0.25, 0.3) is 5.91 Å². The molecule has 1 heterocycles. The highest BCUT2D eigenvalue weighted by atomic mass is 16.5. The molecule has 1 N–H and O–H groups in total. The van der Waals surface area contributed by atoms with Crippen LogP contribution in [-0.2, 0) is 11.3 Å². The fourth-order valence-electron chi connectivity index (χ4n) is 1.71. The minimum absolute atomic E-state index is 0.0166. The van der Waals surface area contributed by atoms with E-state index in [-0.39, 0.29) is 12.5 Å². The molecule has 0 spiro atoms. The number of carbonyl (C=O) groups excluding carboxylic acids is 1. The number of amides is 1. The lowest BCUT2D eigenvalue weighted by Gasteiger charge is -2.08. The average molecular weight is 270 g/mol. The highest BCUT2D eigenvalue weighted by Gasteiger charge is 2.03. The van der Waals surface area contributed by atoms with Gasteiger partial charge in [0.15, 0.2) is 6.61 Å². The molecule has 1 aromatic heterocycles. The summed E-state index contributed by atoms with van der Waals surface area (Å²) in [5, 5.41) is 2.80. The van der Waals surface area contributed by atoms with Gasteiger partial charge in [-0.05, 0) is 43.2 Å². The SMILES string of the molecule is Cc1cccc(OCC(=O)NCc2ccc(C)nc2)c1. The molecule has 104 valence electrons. The van der Waals surface area contributed by atoms with Crippen molar-refractivity contribution in [1.82, 2.24) is 10.3 Å². The standard InChI is InChI=1S/C16H18N2O2/c1-12-4-3-5-15(8-12)20-11-16(19)18-10-14-7-6-13(2)17-9-14/h3-9H,10-11H2,1-2H3,(H,18,19). The van der Waals surface area contributed by atoms with E-state index in [1.165, 1.54) is 0 Å². The van der Waals surface area contributed by atoms with E-state index in [2.05, 4.69) is 10.3 Å². The molecule has 0 aliphatic heterocycles. The molecule has 0 saturated heterocycles. The molecule has 0 aliphatic carbocycles. The Morgan fingerprint density at radius 3 is 2.80 bits per heavy atom. The Morgan fingerprint density at radius 2 is 2.10 bits per heavy atom. The normalized spacial score (nSPS) is 10.1. The van der Waals surface area contributed by atoms with Gasteiger partial charge in [0.1, 0.15) is 5.75 Å². The molecule has 1 aromatic carbocycles. The van der Waals surface area contributed by atoms with E-state index in [1.54, 1.807) is 6.20 Å². The first kappa shape index (κ1) is 14.1. The van der Waals surface area contributed by atoms with Crippen LogP contribution in [0.25, 0.3) is 0 Å². The largest absolute Gasteiger partial charge is 0.484 e. The molecule has 1 amide bonds. The summed E-state index contributed by atoms with van der Waals surface area (Å²) in [6.07, 6.45) is 1.76. The summed E-state index contributed by atoms with van der Waals surface area (Å²) < 4.78 is 5.43. The van der Waals surface area contributed by atoms with Crippen LogP contribution in [0, 0.1) is 13.8 Å². The predicted octanol–water partition coefficient (Wildman–Crippen LogP) is 2.39. The molecule has 0 radical (unpaired) electrons. The lowest BCUT2D eigenvalue weighted by molar-refractivity contribution is -0.123. The van der Waals surface area contributed by atoms with Gasteiger partial charge < -0.3 is 10.1 Å². The maximum absolute atomic E-state index is 11.7. The zero-order valence-electron chi connectivity index (χ0n) is 11.7. The molecule has 4 nitrogen and oxygen atoms in total. The number of hydrogen-bond donors (Lipinski definition) is 1. The number of benzene rings is 1. The molecule has 4 heteroatoms. The summed E-state index contributed by atoms with van der Waals surface area (Å²) in [6.45, 7) is 4.39. The predicted molar refractivity (Wildman–Crippen MR) is 77.5 cm³/mol. The van der Waals surface area contributed by atoms with Crippen molar-refractivity contribution in [3.05, 3.63) is 59.4 Å². The van der Waals surface area contributed by atoms with E-state index < -0.39 is 0 Å². The monoisotopic (exact) mass is 270 g/mol. The number of aromatic nitrogens is 1. The Labute approximate surface area is 118 Å². The molecule has 0 atom stereocenters. The zero-order valence-corrected chi connectivity index (χ0v) is 11.7. The number of pyridine rings is 1. The first-order valence-corrected chi connectivity index (χ1v) is 6.51. The summed E-state index contributed by atoms with van der Waals surface area (Å²) in [6, 6.07) is 11.5. The number of hydrogen-bond acceptors (Lipinski definition) is 3. The number of ether oxygens (including phenoxy) is 1. The molecule has 2 aromatic rings. The maximum atomic E-state index is 11.7. The highest BCUT2D eigenvalue weighted by Crippen LogP contribution is 2.11. The molecule has 0 unspecified atom stereocenters. The number of carbonyl (C=O) groups is 1. The van der Waals surface area contributed by atoms with Crippen LogP contribution in [0.5, 0.6) is 5.75 Å². The molecular formula is C16H18N2O2. The van der Waals surface area contributed by atoms with Gasteiger partial charge in [-0.15, -0.1) is 0 Å². The first-order chi connectivity index (χ1) is 9.63. The minimum atomic E-state index is -0.146. The molecule has 0 bridgehead atoms. The molecule has 0 aliphatic rings. The van der Waals surface area contributed by atoms with Crippen molar-refractivity contribution in [2.45, 2.75) is 20.4 Å². The van der Waals surface area contributed by atoms with E-state index in [1.807, 2.05) is 50.2 Å². The van der Waals surface area contributed by atoms with Crippen LogP contribution in [-0.4, -0.2) is 17.5 Å². The Balaban J connectivity index is 1.77. The second kappa shape index (κ2) is 6.70. The molecule has 2 rings (SSSR count). The number of aryl methyl sites for hydroxylation is 2. The fourth-order valence-corrected chi connectivity index (χ4v) is 1.71. The minimum Gasteiger partial charge on any atom is -0.484 e. The van der Waals surface area contributed by atoms with Gasteiger partial charge in [-0.25, -0.2) is 0 Å². The van der Waals surface area contributed by atoms with Crippen LogP contribution in [0.2, 0.25) is 0 Å². The fraction of sp³-hybridized carbons (Fsp3) is 0.250. The highest BCUT2D eigenvalue weighted by molar-refractivity contribution is 5.77. The van der Waals surface area contributed by atoms with Gasteiger partial charge in [0.05, 0.1) is 0 Å². The van der Waals surface area contributed by atoms with Crippen molar-refractivity contribution >= 4 is 5.91 Å². The van der Waals surface area contributed by atoms with Crippen molar-refractivity contribution in [2.24, 2.45) is 0 Å². The van der Waals surface area contributed by atoms with Crippen molar-refractivity contribution in [1.29, 1.82) is 0 Å². The van der Waals surface area contributed by atoms with Gasteiger partial charge in [-0.3, -0.25) is 9.78 Å². The van der Waals surface area contributed by atoms with Crippen molar-refractivity contribution in [3.8, 4) is 5.75 Å². The van der Waals surface area contributed by atoms with Gasteiger partial charge >= 0.3 is 0 Å². The second-order valence-electron chi connectivity index (χ2n) is 4.69. The molecular weight excluding hydrogens is 252 g/mol. The van der Waals surface area contributed by atoms with Crippen LogP contribution in [0.4, 0.5) is 0 Å². The number of nitrogens with zero attached hydrogens (tertiary/aromatic N) is 1. The third kappa shape index (κ3) is 4.39. The topological polar surface area (TPSA) is 51.2 Å². The Kier molecular flexibility index (Phi) is 4.71. The third-order valence-electron chi connectivity index (χ3n) is 2.82. The Hall–Kier alpha value is -2.36. The first-order valence-electron chi connectivity index (χ1n) is 6.51. The van der Waals surface area contributed by atoms with E-state index in [0.717, 1.165) is 16.8 Å². The number of rotatable bonds is 5. The van der Waals surface area contributed by atoms with Crippen LogP contribution in [0.15, 0.2) is 42.6 Å². The zero-order chi connectivity index (χ0) is 14.4. The lowest BCUT2D eigenvalue weighted by Crippen LogP contribution is -2.28. The molecule has 20 heavy (non-hydrogen) atoms. The average Bonchev–Trinajstić information content (AvgIpc) is 2.45. The Bertz CT molecular complexity index is 579. The van der Waals surface area contributed by atoms with Crippen LogP contribution in [0.3, 0.4) is 0 Å². The number of nitrogens with one attached hydrogen (secondary N) is 1. The van der Waals surface area contributed by atoms with Crippen molar-refractivity contribution in [2.75, 3.05) is 6.61 Å². The van der Waals surface area contributed by atoms with E-state index >= 15 is 0 Å². The lowest BCUT2D eigenvalue weighted by atomic mass is 10.2. The third-order valence-corrected chi connectivity index (χ3v) is 2.82. The summed E-state index contributed by atoms with van der Waals surface area (Å²) in [7, 11) is 0.